The lowest BCUT2D eigenvalue weighted by molar-refractivity contribution is -0.0572. The Balaban J connectivity index is 2.29. The molecular formula is C13H19NO2. The third kappa shape index (κ3) is 2.06. The van der Waals surface area contributed by atoms with Gasteiger partial charge in [-0.1, -0.05) is 6.07 Å². The van der Waals surface area contributed by atoms with E-state index < -0.39 is 0 Å². The molecule has 0 aliphatic carbocycles. The van der Waals surface area contributed by atoms with E-state index in [0.29, 0.717) is 0 Å². The van der Waals surface area contributed by atoms with Gasteiger partial charge >= 0.3 is 0 Å². The molecule has 1 aliphatic heterocycles. The highest BCUT2D eigenvalue weighted by molar-refractivity contribution is 5.38. The second kappa shape index (κ2) is 4.44. The summed E-state index contributed by atoms with van der Waals surface area (Å²) < 4.78 is 11.1. The molecular weight excluding hydrogens is 202 g/mol. The summed E-state index contributed by atoms with van der Waals surface area (Å²) in [4.78, 5) is 0. The summed E-state index contributed by atoms with van der Waals surface area (Å²) in [6.45, 7) is 6.74. The van der Waals surface area contributed by atoms with Gasteiger partial charge in [0.1, 0.15) is 11.4 Å². The average Bonchev–Trinajstić information content (AvgIpc) is 2.30. The lowest BCUT2D eigenvalue weighted by atomic mass is 9.93. The van der Waals surface area contributed by atoms with E-state index in [9.17, 15) is 0 Å². The number of aryl methyl sites for hydroxylation is 1. The van der Waals surface area contributed by atoms with Crippen molar-refractivity contribution in [3.63, 3.8) is 0 Å². The zero-order valence-electron chi connectivity index (χ0n) is 10.2. The van der Waals surface area contributed by atoms with Crippen molar-refractivity contribution >= 4 is 0 Å². The molecule has 3 nitrogen and oxygen atoms in total. The third-order valence-electron chi connectivity index (χ3n) is 3.17. The van der Waals surface area contributed by atoms with Crippen LogP contribution in [0.2, 0.25) is 0 Å². The third-order valence-corrected chi connectivity index (χ3v) is 3.17. The molecule has 1 unspecified atom stereocenters. The van der Waals surface area contributed by atoms with Gasteiger partial charge in [0.25, 0.3) is 0 Å². The first kappa shape index (κ1) is 11.4. The minimum atomic E-state index is -0.213. The molecule has 2 rings (SSSR count). The van der Waals surface area contributed by atoms with Crippen molar-refractivity contribution in [1.82, 2.24) is 5.32 Å². The van der Waals surface area contributed by atoms with Crippen LogP contribution in [0.25, 0.3) is 0 Å². The van der Waals surface area contributed by atoms with Gasteiger partial charge in [-0.3, -0.25) is 0 Å². The lowest BCUT2D eigenvalue weighted by Gasteiger charge is -2.35. The summed E-state index contributed by atoms with van der Waals surface area (Å²) in [5.74, 6) is 0.927. The van der Waals surface area contributed by atoms with Crippen LogP contribution in [0.3, 0.4) is 0 Å². The Kier molecular flexibility index (Phi) is 3.17. The maximum absolute atomic E-state index is 5.88. The number of hydrogen-bond acceptors (Lipinski definition) is 3. The van der Waals surface area contributed by atoms with Gasteiger partial charge in [-0.2, -0.15) is 0 Å². The van der Waals surface area contributed by atoms with Crippen molar-refractivity contribution in [3.8, 4) is 5.75 Å². The summed E-state index contributed by atoms with van der Waals surface area (Å²) in [6.07, 6.45) is 0. The van der Waals surface area contributed by atoms with E-state index in [1.807, 2.05) is 6.07 Å². The summed E-state index contributed by atoms with van der Waals surface area (Å²) in [5.41, 5.74) is 2.14. The van der Waals surface area contributed by atoms with E-state index in [0.717, 1.165) is 31.0 Å². The second-order valence-corrected chi connectivity index (χ2v) is 4.44. The first-order chi connectivity index (χ1) is 7.65. The molecule has 1 saturated heterocycles. The number of ether oxygens (including phenoxy) is 2. The van der Waals surface area contributed by atoms with Gasteiger partial charge in [0.2, 0.25) is 0 Å². The summed E-state index contributed by atoms with van der Waals surface area (Å²) >= 11 is 0. The quantitative estimate of drug-likeness (QED) is 0.826. The smallest absolute Gasteiger partial charge is 0.121 e. The molecule has 1 aromatic rings. The zero-order chi connectivity index (χ0) is 11.6. The molecule has 1 atom stereocenters. The largest absolute Gasteiger partial charge is 0.496 e. The van der Waals surface area contributed by atoms with Crippen LogP contribution in [0.4, 0.5) is 0 Å². The molecule has 1 fully saturated rings. The number of benzene rings is 1. The Morgan fingerprint density at radius 2 is 2.25 bits per heavy atom. The van der Waals surface area contributed by atoms with Crippen molar-refractivity contribution in [3.05, 3.63) is 29.3 Å². The molecule has 1 heterocycles. The number of methoxy groups -OCH3 is 1. The number of hydrogen-bond donors (Lipinski definition) is 1. The molecule has 1 aromatic carbocycles. The number of nitrogens with one attached hydrogen (secondary N) is 1. The molecule has 0 radical (unpaired) electrons. The molecule has 16 heavy (non-hydrogen) atoms. The average molecular weight is 221 g/mol. The lowest BCUT2D eigenvalue weighted by Crippen LogP contribution is -2.45. The van der Waals surface area contributed by atoms with Gasteiger partial charge in [0.05, 0.1) is 13.7 Å². The fraction of sp³-hybridized carbons (Fsp3) is 0.538. The zero-order valence-corrected chi connectivity index (χ0v) is 10.2. The first-order valence-corrected chi connectivity index (χ1v) is 5.65. The first-order valence-electron chi connectivity index (χ1n) is 5.65. The Hall–Kier alpha value is -1.06. The van der Waals surface area contributed by atoms with Crippen LogP contribution in [0.5, 0.6) is 5.75 Å². The highest BCUT2D eigenvalue weighted by atomic mass is 16.5. The van der Waals surface area contributed by atoms with Crippen LogP contribution in [-0.4, -0.2) is 26.8 Å². The van der Waals surface area contributed by atoms with E-state index in [1.165, 1.54) is 5.56 Å². The fourth-order valence-electron chi connectivity index (χ4n) is 2.12. The van der Waals surface area contributed by atoms with E-state index in [4.69, 9.17) is 9.47 Å². The van der Waals surface area contributed by atoms with Crippen molar-refractivity contribution in [2.45, 2.75) is 19.4 Å². The molecule has 3 heteroatoms. The van der Waals surface area contributed by atoms with Crippen LogP contribution in [0.15, 0.2) is 18.2 Å². The van der Waals surface area contributed by atoms with E-state index in [2.05, 4.69) is 31.3 Å². The Morgan fingerprint density at radius 3 is 2.81 bits per heavy atom. The summed E-state index contributed by atoms with van der Waals surface area (Å²) in [7, 11) is 1.70. The van der Waals surface area contributed by atoms with Crippen molar-refractivity contribution in [1.29, 1.82) is 0 Å². The molecule has 0 saturated carbocycles. The standard InChI is InChI=1S/C13H19NO2/c1-10-8-11(4-5-12(10)15-3)13(2)9-14-6-7-16-13/h4-5,8,14H,6-7,9H2,1-3H3. The van der Waals surface area contributed by atoms with Crippen LogP contribution in [0.1, 0.15) is 18.1 Å². The van der Waals surface area contributed by atoms with Crippen molar-refractivity contribution < 1.29 is 9.47 Å². The Morgan fingerprint density at radius 1 is 1.44 bits per heavy atom. The van der Waals surface area contributed by atoms with Crippen molar-refractivity contribution in [2.75, 3.05) is 26.8 Å². The normalized spacial score (nSPS) is 25.4. The molecule has 0 spiro atoms. The van der Waals surface area contributed by atoms with E-state index in [1.54, 1.807) is 7.11 Å². The second-order valence-electron chi connectivity index (χ2n) is 4.44. The van der Waals surface area contributed by atoms with Crippen LogP contribution in [-0.2, 0) is 10.3 Å². The van der Waals surface area contributed by atoms with Crippen LogP contribution >= 0.6 is 0 Å². The molecule has 0 amide bonds. The van der Waals surface area contributed by atoms with E-state index in [-0.39, 0.29) is 5.60 Å². The molecule has 88 valence electrons. The molecule has 1 N–H and O–H groups in total. The highest BCUT2D eigenvalue weighted by Gasteiger charge is 2.30. The fourth-order valence-corrected chi connectivity index (χ4v) is 2.12. The predicted octanol–water partition coefficient (Wildman–Crippen LogP) is 1.84. The monoisotopic (exact) mass is 221 g/mol. The molecule has 0 aromatic heterocycles. The van der Waals surface area contributed by atoms with Gasteiger partial charge in [-0.15, -0.1) is 0 Å². The summed E-state index contributed by atoms with van der Waals surface area (Å²) in [5, 5.41) is 3.37. The predicted molar refractivity (Wildman–Crippen MR) is 63.9 cm³/mol. The maximum Gasteiger partial charge on any atom is 0.121 e. The Bertz CT molecular complexity index is 370. The van der Waals surface area contributed by atoms with Crippen LogP contribution < -0.4 is 10.1 Å². The SMILES string of the molecule is COc1ccc(C2(C)CNCCO2)cc1C. The minimum absolute atomic E-state index is 0.213. The van der Waals surface area contributed by atoms with Gasteiger partial charge in [0.15, 0.2) is 0 Å². The van der Waals surface area contributed by atoms with Crippen LogP contribution in [0, 0.1) is 6.92 Å². The Labute approximate surface area is 96.8 Å². The maximum atomic E-state index is 5.88. The number of morpholine rings is 1. The van der Waals surface area contributed by atoms with E-state index >= 15 is 0 Å². The highest BCUT2D eigenvalue weighted by Crippen LogP contribution is 2.29. The van der Waals surface area contributed by atoms with Gasteiger partial charge in [-0.25, -0.2) is 0 Å². The number of rotatable bonds is 2. The van der Waals surface area contributed by atoms with Gasteiger partial charge < -0.3 is 14.8 Å². The summed E-state index contributed by atoms with van der Waals surface area (Å²) in [6, 6.07) is 6.23. The van der Waals surface area contributed by atoms with Gasteiger partial charge in [0, 0.05) is 13.1 Å². The van der Waals surface area contributed by atoms with Crippen molar-refractivity contribution in [2.24, 2.45) is 0 Å². The molecule has 1 aliphatic rings. The molecule has 0 bridgehead atoms. The topological polar surface area (TPSA) is 30.5 Å². The van der Waals surface area contributed by atoms with Gasteiger partial charge in [-0.05, 0) is 37.1 Å². The minimum Gasteiger partial charge on any atom is -0.496 e.